The van der Waals surface area contributed by atoms with E-state index in [1.807, 2.05) is 12.1 Å². The van der Waals surface area contributed by atoms with E-state index in [4.69, 9.17) is 34.8 Å². The lowest BCUT2D eigenvalue weighted by Crippen LogP contribution is -2.53. The van der Waals surface area contributed by atoms with Crippen LogP contribution >= 0.6 is 34.8 Å². The largest absolute Gasteiger partial charge is 0.353 e. The second kappa shape index (κ2) is 12.8. The average Bonchev–Trinajstić information content (AvgIpc) is 2.95. The Morgan fingerprint density at radius 2 is 1.62 bits per heavy atom. The summed E-state index contributed by atoms with van der Waals surface area (Å²) in [5.41, 5.74) is 2.38. The first-order valence-corrected chi connectivity index (χ1v) is 14.3. The van der Waals surface area contributed by atoms with Gasteiger partial charge in [0.05, 0.1) is 15.6 Å². The molecule has 1 aromatic heterocycles. The van der Waals surface area contributed by atoms with Crippen LogP contribution in [0.5, 0.6) is 0 Å². The Kier molecular flexibility index (Phi) is 9.25. The van der Waals surface area contributed by atoms with Crippen molar-refractivity contribution in [2.45, 2.75) is 32.0 Å². The Morgan fingerprint density at radius 3 is 2.28 bits per heavy atom. The summed E-state index contributed by atoms with van der Waals surface area (Å²) in [5.74, 6) is -0.0886. The summed E-state index contributed by atoms with van der Waals surface area (Å²) >= 11 is 18.4. The highest BCUT2D eigenvalue weighted by Crippen LogP contribution is 2.27. The molecule has 2 aliphatic rings. The maximum atomic E-state index is 13.4. The predicted molar refractivity (Wildman–Crippen MR) is 157 cm³/mol. The predicted octanol–water partition coefficient (Wildman–Crippen LogP) is 6.14. The third-order valence-electron chi connectivity index (χ3n) is 7.53. The Bertz CT molecular complexity index is 1300. The van der Waals surface area contributed by atoms with Crippen LogP contribution in [-0.2, 0) is 13.1 Å². The molecule has 2 fully saturated rings. The van der Waals surface area contributed by atoms with Crippen molar-refractivity contribution in [1.29, 1.82) is 0 Å². The number of carbonyl (C=O) groups excluding carboxylic acids is 1. The van der Waals surface area contributed by atoms with Gasteiger partial charge < -0.3 is 10.2 Å². The SMILES string of the molecule is O=C(NCc1ccc(F)c(Cl)c1)c1cnc(N2CCN(C3CCN(Cc4ccc(Cl)cc4)CC3)CC2)c(Cl)c1.[HH]. The van der Waals surface area contributed by atoms with E-state index in [1.54, 1.807) is 18.3 Å². The number of piperidine rings is 1. The van der Waals surface area contributed by atoms with Crippen molar-refractivity contribution in [2.24, 2.45) is 0 Å². The van der Waals surface area contributed by atoms with Gasteiger partial charge in [-0.05, 0) is 67.4 Å². The maximum Gasteiger partial charge on any atom is 0.253 e. The Hall–Kier alpha value is -2.42. The molecule has 0 bridgehead atoms. The first-order valence-electron chi connectivity index (χ1n) is 13.2. The van der Waals surface area contributed by atoms with Gasteiger partial charge in [-0.15, -0.1) is 0 Å². The zero-order valence-electron chi connectivity index (χ0n) is 21.6. The van der Waals surface area contributed by atoms with E-state index in [9.17, 15) is 9.18 Å². The molecule has 5 rings (SSSR count). The summed E-state index contributed by atoms with van der Waals surface area (Å²) in [6.45, 7) is 6.99. The summed E-state index contributed by atoms with van der Waals surface area (Å²) in [4.78, 5) is 24.4. The van der Waals surface area contributed by atoms with Crippen molar-refractivity contribution in [3.63, 3.8) is 0 Å². The van der Waals surface area contributed by atoms with Crippen LogP contribution in [0.1, 0.15) is 35.8 Å². The molecule has 2 aliphatic heterocycles. The molecule has 1 amide bonds. The van der Waals surface area contributed by atoms with Gasteiger partial charge in [0.1, 0.15) is 11.6 Å². The lowest BCUT2D eigenvalue weighted by Gasteiger charge is -2.43. The number of nitrogens with zero attached hydrogens (tertiary/aromatic N) is 4. The van der Waals surface area contributed by atoms with Gasteiger partial charge in [0.25, 0.3) is 5.91 Å². The van der Waals surface area contributed by atoms with Crippen molar-refractivity contribution in [3.8, 4) is 0 Å². The number of piperazine rings is 1. The highest BCUT2D eigenvalue weighted by molar-refractivity contribution is 6.33. The molecular weight excluding hydrogens is 560 g/mol. The van der Waals surface area contributed by atoms with Gasteiger partial charge in [-0.1, -0.05) is 53.0 Å². The van der Waals surface area contributed by atoms with Crippen LogP contribution in [0.15, 0.2) is 54.7 Å². The van der Waals surface area contributed by atoms with Gasteiger partial charge in [0, 0.05) is 58.0 Å². The third-order valence-corrected chi connectivity index (χ3v) is 8.35. The molecule has 1 N–H and O–H groups in total. The second-order valence-electron chi connectivity index (χ2n) is 10.1. The lowest BCUT2D eigenvalue weighted by atomic mass is 10.0. The van der Waals surface area contributed by atoms with Crippen LogP contribution in [0.4, 0.5) is 10.2 Å². The minimum absolute atomic E-state index is 0. The van der Waals surface area contributed by atoms with Gasteiger partial charge in [0.15, 0.2) is 0 Å². The summed E-state index contributed by atoms with van der Waals surface area (Å²) in [5, 5.41) is 4.06. The standard InChI is InChI=1S/C29H31Cl3FN5O.H2/c30-23-4-1-20(2-5-23)19-36-9-7-24(8-10-36)37-11-13-38(14-12-37)28-26(32)16-22(18-34-28)29(39)35-17-21-3-6-27(33)25(31)15-21;/h1-6,15-16,18,24H,7-14,17,19H2,(H,35,39);1H. The summed E-state index contributed by atoms with van der Waals surface area (Å²) in [6.07, 6.45) is 3.89. The fourth-order valence-electron chi connectivity index (χ4n) is 5.31. The van der Waals surface area contributed by atoms with Crippen LogP contribution < -0.4 is 10.2 Å². The van der Waals surface area contributed by atoms with Crippen LogP contribution in [0.25, 0.3) is 0 Å². The number of hydrogen-bond acceptors (Lipinski definition) is 5. The Balaban J connectivity index is 0.00000370. The highest BCUT2D eigenvalue weighted by atomic mass is 35.5. The molecule has 3 heterocycles. The fourth-order valence-corrected chi connectivity index (χ4v) is 5.93. The number of hydrogen-bond donors (Lipinski definition) is 1. The number of benzene rings is 2. The van der Waals surface area contributed by atoms with Gasteiger partial charge in [-0.25, -0.2) is 9.37 Å². The molecule has 2 saturated heterocycles. The number of pyridine rings is 1. The molecule has 0 aliphatic carbocycles. The molecule has 208 valence electrons. The van der Waals surface area contributed by atoms with Crippen LogP contribution in [0, 0.1) is 5.82 Å². The minimum Gasteiger partial charge on any atom is -0.353 e. The number of nitrogens with one attached hydrogen (secondary N) is 1. The van der Waals surface area contributed by atoms with Crippen LogP contribution in [0.3, 0.4) is 0 Å². The van der Waals surface area contributed by atoms with Crippen LogP contribution in [-0.4, -0.2) is 66.0 Å². The molecule has 39 heavy (non-hydrogen) atoms. The van der Waals surface area contributed by atoms with Crippen molar-refractivity contribution in [3.05, 3.63) is 92.3 Å². The molecule has 0 radical (unpaired) electrons. The van der Waals surface area contributed by atoms with Gasteiger partial charge in [0.2, 0.25) is 0 Å². The quantitative estimate of drug-likeness (QED) is 0.357. The molecule has 2 aromatic carbocycles. The topological polar surface area (TPSA) is 51.7 Å². The maximum absolute atomic E-state index is 13.4. The number of likely N-dealkylation sites (tertiary alicyclic amines) is 1. The number of amides is 1. The molecule has 6 nitrogen and oxygen atoms in total. The van der Waals surface area contributed by atoms with E-state index >= 15 is 0 Å². The molecule has 10 heteroatoms. The van der Waals surface area contributed by atoms with Gasteiger partial charge in [-0.3, -0.25) is 14.6 Å². The minimum atomic E-state index is -0.491. The van der Waals surface area contributed by atoms with Gasteiger partial charge in [-0.2, -0.15) is 0 Å². The van der Waals surface area contributed by atoms with E-state index in [-0.39, 0.29) is 18.9 Å². The Labute approximate surface area is 245 Å². The summed E-state index contributed by atoms with van der Waals surface area (Å²) < 4.78 is 13.4. The van der Waals surface area contributed by atoms with Crippen molar-refractivity contribution in [2.75, 3.05) is 44.2 Å². The average molecular weight is 593 g/mol. The molecule has 0 atom stereocenters. The molecule has 3 aromatic rings. The molecule has 0 spiro atoms. The van der Waals surface area contributed by atoms with E-state index in [0.29, 0.717) is 28.0 Å². The van der Waals surface area contributed by atoms with Crippen LogP contribution in [0.2, 0.25) is 15.1 Å². The summed E-state index contributed by atoms with van der Waals surface area (Å²) in [7, 11) is 0. The molecular formula is C29H33Cl3FN5O. The number of halogens is 4. The number of anilines is 1. The fraction of sp³-hybridized carbons (Fsp3) is 0.379. The van der Waals surface area contributed by atoms with Gasteiger partial charge >= 0.3 is 0 Å². The highest BCUT2D eigenvalue weighted by Gasteiger charge is 2.28. The first-order chi connectivity index (χ1) is 18.9. The molecule has 0 saturated carbocycles. The van der Waals surface area contributed by atoms with Crippen molar-refractivity contribution in [1.82, 2.24) is 20.1 Å². The normalized spacial score (nSPS) is 17.4. The first kappa shape index (κ1) is 28.1. The second-order valence-corrected chi connectivity index (χ2v) is 11.4. The zero-order chi connectivity index (χ0) is 27.4. The smallest absolute Gasteiger partial charge is 0.253 e. The van der Waals surface area contributed by atoms with E-state index in [1.165, 1.54) is 30.5 Å². The van der Waals surface area contributed by atoms with E-state index < -0.39 is 5.82 Å². The number of aromatic nitrogens is 1. The zero-order valence-corrected chi connectivity index (χ0v) is 23.8. The summed E-state index contributed by atoms with van der Waals surface area (Å²) in [6, 6.07) is 14.7. The molecule has 0 unspecified atom stereocenters. The van der Waals surface area contributed by atoms with E-state index in [0.717, 1.165) is 50.8 Å². The van der Waals surface area contributed by atoms with E-state index in [2.05, 4.69) is 37.1 Å². The number of rotatable bonds is 7. The Morgan fingerprint density at radius 1 is 0.923 bits per heavy atom. The lowest BCUT2D eigenvalue weighted by molar-refractivity contribution is 0.0950. The number of carbonyl (C=O) groups is 1. The van der Waals surface area contributed by atoms with Crippen molar-refractivity contribution >= 4 is 46.5 Å². The monoisotopic (exact) mass is 591 g/mol. The third kappa shape index (κ3) is 7.21. The van der Waals surface area contributed by atoms with Crippen molar-refractivity contribution < 1.29 is 10.6 Å².